The normalized spacial score (nSPS) is 9.60. The van der Waals surface area contributed by atoms with Gasteiger partial charge in [-0.2, -0.15) is 0 Å². The zero-order chi connectivity index (χ0) is 111. The van der Waals surface area contributed by atoms with Crippen LogP contribution in [-0.2, 0) is 0 Å². The van der Waals surface area contributed by atoms with E-state index < -0.39 is 0 Å². The van der Waals surface area contributed by atoms with E-state index in [2.05, 4.69) is 352 Å². The molecule has 0 saturated carbocycles. The minimum atomic E-state index is 0.956. The molecule has 0 amide bonds. The third-order valence-electron chi connectivity index (χ3n) is 22.5. The second-order valence-electron chi connectivity index (χ2n) is 29.1. The van der Waals surface area contributed by atoms with Gasteiger partial charge in [-0.15, -0.1) is 0 Å². The van der Waals surface area contributed by atoms with Crippen LogP contribution in [0, 0.1) is 0 Å². The number of benzene rings is 21. The van der Waals surface area contributed by atoms with Gasteiger partial charge < -0.3 is 26.5 Å². The average Bonchev–Trinajstić information content (AvgIpc) is 1.61. The van der Waals surface area contributed by atoms with Gasteiger partial charge in [-0.1, -0.05) is 565 Å². The Labute approximate surface area is 898 Å². The molecule has 0 fully saturated rings. The maximum absolute atomic E-state index is 6.28. The van der Waals surface area contributed by atoms with Crippen molar-refractivity contribution < 1.29 is 26.5 Å². The van der Waals surface area contributed by atoms with E-state index in [0.29, 0.717) is 0 Å². The van der Waals surface area contributed by atoms with Crippen molar-refractivity contribution in [2.75, 3.05) is 0 Å². The van der Waals surface area contributed by atoms with Crippen molar-refractivity contribution in [2.24, 2.45) is 0 Å². The molecule has 6 aromatic heterocycles. The van der Waals surface area contributed by atoms with Crippen molar-refractivity contribution in [2.45, 2.75) is 249 Å². The molecule has 0 saturated heterocycles. The van der Waals surface area contributed by atoms with Crippen LogP contribution in [-0.4, -0.2) is 0 Å². The van der Waals surface area contributed by atoms with Crippen LogP contribution in [0.15, 0.2) is 427 Å². The largest absolute Gasteiger partial charge is 0.456 e. The van der Waals surface area contributed by atoms with Crippen LogP contribution in [0.25, 0.3) is 229 Å². The first-order valence-corrected chi connectivity index (χ1v) is 56.6. The molecule has 0 bridgehead atoms. The minimum absolute atomic E-state index is 0.956. The van der Waals surface area contributed by atoms with Crippen LogP contribution in [0.5, 0.6) is 0 Å². The first kappa shape index (κ1) is 127. The molecular formula is C144H174O6. The number of hydrogen-bond acceptors (Lipinski definition) is 6. The van der Waals surface area contributed by atoms with Gasteiger partial charge >= 0.3 is 0 Å². The molecular weight excluding hydrogens is 1830 g/mol. The number of para-hydroxylation sites is 3. The number of furan rings is 6. The molecule has 0 spiro atoms. The summed E-state index contributed by atoms with van der Waals surface area (Å²) in [7, 11) is 0. The molecule has 0 radical (unpaired) electrons. The van der Waals surface area contributed by atoms with E-state index in [1.54, 1.807) is 0 Å². The summed E-state index contributed by atoms with van der Waals surface area (Å²) in [5.41, 5.74) is 11.6. The van der Waals surface area contributed by atoms with Crippen molar-refractivity contribution in [3.63, 3.8) is 0 Å². The van der Waals surface area contributed by atoms with E-state index in [-0.39, 0.29) is 0 Å². The highest BCUT2D eigenvalue weighted by Crippen LogP contribution is 2.43. The standard InChI is InChI=1S/3C20H12O.3C16H10O.18C2H6/c1-3-7-15-13(5-1)10-12-18-19(15)17-11-9-14-6-2-4-8-16(14)20(17)21-18;1-3-7-15-13(5-1)9-11-17-18-12-10-14-6-2-4-8-16(14)20(18)21-19(15)17;1-2-7-15-12-19-18(11-14(15)6-1)17-10-9-13-5-3-4-8-16(13)20(17)21-19;1-2-6-12-10-16-14(9-11(12)5-1)13-7-3-4-8-15(13)17-16;1-2-6-12-11(5-1)9-10-14-13-7-3-4-8-15(13)17-16(12)14;1-2-6-12-11(5-1)9-10-15-16(12)13-7-3-4-8-14(13)17-15;18*1-2/h3*1-12H;3*1-10H;18*1-2H3. The second kappa shape index (κ2) is 70.6. The molecule has 6 heterocycles. The third kappa shape index (κ3) is 29.4. The lowest BCUT2D eigenvalue weighted by Gasteiger charge is -1.99. The average molecular weight is 2000 g/mol. The van der Waals surface area contributed by atoms with E-state index >= 15 is 0 Å². The molecule has 27 aromatic rings. The fraction of sp³-hybridized carbons (Fsp3) is 0.250. The Bertz CT molecular complexity index is 8240. The van der Waals surface area contributed by atoms with Gasteiger partial charge in [-0.25, -0.2) is 0 Å². The Hall–Kier alpha value is -15.2. The molecule has 0 unspecified atom stereocenters. The minimum Gasteiger partial charge on any atom is -0.456 e. The summed E-state index contributed by atoms with van der Waals surface area (Å²) in [5, 5.41) is 36.3. The summed E-state index contributed by atoms with van der Waals surface area (Å²) in [6, 6.07) is 139. The molecule has 0 N–H and O–H groups in total. The van der Waals surface area contributed by atoms with Crippen LogP contribution in [0.4, 0.5) is 0 Å². The zero-order valence-corrected chi connectivity index (χ0v) is 97.6. The van der Waals surface area contributed by atoms with Gasteiger partial charge in [0.05, 0.1) is 0 Å². The smallest absolute Gasteiger partial charge is 0.143 e. The Kier molecular flexibility index (Phi) is 59.8. The van der Waals surface area contributed by atoms with Crippen LogP contribution >= 0.6 is 0 Å². The first-order valence-electron chi connectivity index (χ1n) is 56.6. The van der Waals surface area contributed by atoms with E-state index in [4.69, 9.17) is 26.5 Å². The maximum Gasteiger partial charge on any atom is 0.143 e. The quantitative estimate of drug-likeness (QED) is 0.151. The molecule has 786 valence electrons. The molecule has 150 heavy (non-hydrogen) atoms. The molecule has 0 atom stereocenters. The number of hydrogen-bond donors (Lipinski definition) is 0. The van der Waals surface area contributed by atoms with Crippen LogP contribution in [0.3, 0.4) is 0 Å². The van der Waals surface area contributed by atoms with Gasteiger partial charge in [-0.3, -0.25) is 0 Å². The summed E-state index contributed by atoms with van der Waals surface area (Å²) < 4.78 is 36.3. The van der Waals surface area contributed by atoms with Crippen LogP contribution in [0.1, 0.15) is 249 Å². The summed E-state index contributed by atoms with van der Waals surface area (Å²) in [6.45, 7) is 72.0. The Morgan fingerprint density at radius 1 is 0.0933 bits per heavy atom. The van der Waals surface area contributed by atoms with Crippen molar-refractivity contribution >= 4 is 229 Å². The van der Waals surface area contributed by atoms with Gasteiger partial charge in [0.2, 0.25) is 0 Å². The molecule has 21 aromatic carbocycles. The number of fused-ring (bicyclic) bond motifs is 34. The first-order chi connectivity index (χ1) is 74.5. The highest BCUT2D eigenvalue weighted by atomic mass is 16.3. The molecule has 0 aliphatic heterocycles. The lowest BCUT2D eigenvalue weighted by molar-refractivity contribution is 0.669. The third-order valence-corrected chi connectivity index (χ3v) is 22.5. The van der Waals surface area contributed by atoms with Gasteiger partial charge in [0.1, 0.15) is 67.0 Å². The van der Waals surface area contributed by atoms with Crippen LogP contribution in [0.2, 0.25) is 0 Å². The van der Waals surface area contributed by atoms with E-state index in [1.807, 2.05) is 298 Å². The maximum atomic E-state index is 6.28. The topological polar surface area (TPSA) is 78.8 Å². The van der Waals surface area contributed by atoms with Crippen molar-refractivity contribution in [3.8, 4) is 0 Å². The van der Waals surface area contributed by atoms with Crippen molar-refractivity contribution in [1.29, 1.82) is 0 Å². The van der Waals surface area contributed by atoms with E-state index in [9.17, 15) is 0 Å². The van der Waals surface area contributed by atoms with Crippen molar-refractivity contribution in [3.05, 3.63) is 400 Å². The summed E-state index contributed by atoms with van der Waals surface area (Å²) in [6.07, 6.45) is 0. The Morgan fingerprint density at radius 2 is 0.267 bits per heavy atom. The molecule has 0 aliphatic carbocycles. The predicted octanol–water partition coefficient (Wildman–Crippen LogP) is 50.4. The highest BCUT2D eigenvalue weighted by Gasteiger charge is 2.18. The van der Waals surface area contributed by atoms with Gasteiger partial charge in [0.15, 0.2) is 0 Å². The monoisotopic (exact) mass is 2000 g/mol. The Morgan fingerprint density at radius 3 is 0.600 bits per heavy atom. The molecule has 6 nitrogen and oxygen atoms in total. The molecule has 27 rings (SSSR count). The fourth-order valence-electron chi connectivity index (χ4n) is 17.1. The van der Waals surface area contributed by atoms with E-state index in [1.165, 1.54) is 162 Å². The fourth-order valence-corrected chi connectivity index (χ4v) is 17.1. The summed E-state index contributed by atoms with van der Waals surface area (Å²) in [4.78, 5) is 0. The molecule has 0 aliphatic rings. The lowest BCUT2D eigenvalue weighted by Crippen LogP contribution is -1.74. The highest BCUT2D eigenvalue weighted by molar-refractivity contribution is 6.25. The number of rotatable bonds is 0. The lowest BCUT2D eigenvalue weighted by atomic mass is 10.0. The summed E-state index contributed by atoms with van der Waals surface area (Å²) >= 11 is 0. The predicted molar refractivity (Wildman–Crippen MR) is 684 cm³/mol. The van der Waals surface area contributed by atoms with Crippen LogP contribution < -0.4 is 0 Å². The van der Waals surface area contributed by atoms with E-state index in [0.717, 1.165) is 67.0 Å². The Balaban J connectivity index is 0.000000353. The van der Waals surface area contributed by atoms with Gasteiger partial charge in [-0.05, 0) is 155 Å². The molecule has 6 heteroatoms. The second-order valence-corrected chi connectivity index (χ2v) is 29.1. The zero-order valence-electron chi connectivity index (χ0n) is 97.6. The SMILES string of the molecule is CC.CC.CC.CC.CC.CC.CC.CC.CC.CC.CC.CC.CC.CC.CC.CC.CC.CC.c1ccc2c(c1)ccc1c2oc2ccc3ccccc3c21.c1ccc2c(c1)ccc1c3ccc4ccccc4c3oc21.c1ccc2c(c1)ccc1c3ccccc3oc21.c1ccc2c(c1)ccc1oc3ccccc3c12.c1ccc2cc3c(cc2c1)oc1c2ccccc2ccc31.c1ccc2cc3c(cc2c1)oc1ccccc13. The van der Waals surface area contributed by atoms with Gasteiger partial charge in [0, 0.05) is 91.6 Å². The van der Waals surface area contributed by atoms with Gasteiger partial charge in [0.25, 0.3) is 0 Å². The summed E-state index contributed by atoms with van der Waals surface area (Å²) in [5.74, 6) is 0. The van der Waals surface area contributed by atoms with Crippen molar-refractivity contribution in [1.82, 2.24) is 0 Å².